The molecule has 2 aromatic heterocycles. The lowest BCUT2D eigenvalue weighted by Crippen LogP contribution is -2.52. The number of aryl methyl sites for hydroxylation is 1. The van der Waals surface area contributed by atoms with Gasteiger partial charge in [0.1, 0.15) is 18.7 Å². The van der Waals surface area contributed by atoms with Gasteiger partial charge in [-0.2, -0.15) is 5.10 Å². The van der Waals surface area contributed by atoms with Gasteiger partial charge in [-0.1, -0.05) is 12.1 Å². The molecule has 1 aromatic carbocycles. The van der Waals surface area contributed by atoms with Crippen LogP contribution < -0.4 is 15.1 Å². The third-order valence-electron chi connectivity index (χ3n) is 5.61. The Kier molecular flexibility index (Phi) is 4.55. The Balaban J connectivity index is 1.25. The largest absolute Gasteiger partial charge is 0.353 e. The van der Waals surface area contributed by atoms with Crippen molar-refractivity contribution in [1.29, 1.82) is 0 Å². The van der Waals surface area contributed by atoms with Crippen LogP contribution in [-0.2, 0) is 16.6 Å². The second-order valence-electron chi connectivity index (χ2n) is 7.51. The maximum Gasteiger partial charge on any atom is 0.244 e. The Morgan fingerprint density at radius 3 is 2.77 bits per heavy atom. The quantitative estimate of drug-likeness (QED) is 0.675. The van der Waals surface area contributed by atoms with Crippen LogP contribution in [0.2, 0.25) is 0 Å². The molecule has 1 N–H and O–H groups in total. The second-order valence-corrected chi connectivity index (χ2v) is 7.51. The van der Waals surface area contributed by atoms with E-state index in [9.17, 15) is 9.59 Å². The summed E-state index contributed by atoms with van der Waals surface area (Å²) in [5.41, 5.74) is 2.23. The van der Waals surface area contributed by atoms with E-state index in [1.54, 1.807) is 22.1 Å². The van der Waals surface area contributed by atoms with Crippen molar-refractivity contribution in [2.75, 3.05) is 54.4 Å². The highest BCUT2D eigenvalue weighted by atomic mass is 16.2. The van der Waals surface area contributed by atoms with Gasteiger partial charge in [0.2, 0.25) is 11.8 Å². The van der Waals surface area contributed by atoms with Crippen molar-refractivity contribution in [3.8, 4) is 0 Å². The van der Waals surface area contributed by atoms with Gasteiger partial charge in [-0.05, 0) is 12.1 Å². The van der Waals surface area contributed by atoms with Crippen LogP contribution in [0.25, 0.3) is 11.0 Å². The Labute approximate surface area is 173 Å². The van der Waals surface area contributed by atoms with Crippen molar-refractivity contribution in [3.63, 3.8) is 0 Å². The average molecular weight is 406 g/mol. The molecule has 0 aliphatic carbocycles. The smallest absolute Gasteiger partial charge is 0.244 e. The normalized spacial score (nSPS) is 17.2. The van der Waals surface area contributed by atoms with Gasteiger partial charge in [0, 0.05) is 33.2 Å². The van der Waals surface area contributed by atoms with Gasteiger partial charge in [-0.3, -0.25) is 24.1 Å². The topological polar surface area (TPSA) is 99.5 Å². The van der Waals surface area contributed by atoms with Gasteiger partial charge in [-0.25, -0.2) is 9.97 Å². The third-order valence-corrected chi connectivity index (χ3v) is 5.61. The van der Waals surface area contributed by atoms with E-state index in [0.717, 1.165) is 48.7 Å². The first-order valence-corrected chi connectivity index (χ1v) is 9.89. The number of hydrogen-bond acceptors (Lipinski definition) is 7. The van der Waals surface area contributed by atoms with E-state index in [-0.39, 0.29) is 24.9 Å². The molecule has 2 amide bonds. The number of carbonyl (C=O) groups is 2. The summed E-state index contributed by atoms with van der Waals surface area (Å²) in [4.78, 5) is 39.6. The van der Waals surface area contributed by atoms with E-state index in [4.69, 9.17) is 0 Å². The minimum Gasteiger partial charge on any atom is -0.353 e. The van der Waals surface area contributed by atoms with E-state index >= 15 is 0 Å². The van der Waals surface area contributed by atoms with E-state index in [1.807, 2.05) is 31.3 Å². The standard InChI is InChI=1S/C20H22N8O2/c1-25-19-14(10-23-25)20(22-13-21-19)27-8-6-26(7-9-27)12-18(30)28-11-17(29)24-15-4-2-3-5-16(15)28/h2-5,10,13H,6-9,11-12H2,1H3,(H,24,29). The Hall–Kier alpha value is -3.53. The van der Waals surface area contributed by atoms with Gasteiger partial charge in [0.05, 0.1) is 29.5 Å². The maximum atomic E-state index is 13.0. The van der Waals surface area contributed by atoms with Crippen LogP contribution in [0.4, 0.5) is 17.2 Å². The molecule has 0 radical (unpaired) electrons. The fraction of sp³-hybridized carbons (Fsp3) is 0.350. The number of carbonyl (C=O) groups excluding carboxylic acids is 2. The second kappa shape index (κ2) is 7.38. The lowest BCUT2D eigenvalue weighted by molar-refractivity contribution is -0.122. The number of anilines is 3. The number of rotatable bonds is 3. The van der Waals surface area contributed by atoms with E-state index < -0.39 is 0 Å². The molecule has 0 unspecified atom stereocenters. The number of para-hydroxylation sites is 2. The Morgan fingerprint density at radius 2 is 1.93 bits per heavy atom. The number of benzene rings is 1. The molecule has 154 valence electrons. The van der Waals surface area contributed by atoms with E-state index in [1.165, 1.54) is 0 Å². The summed E-state index contributed by atoms with van der Waals surface area (Å²) >= 11 is 0. The summed E-state index contributed by atoms with van der Waals surface area (Å²) < 4.78 is 1.74. The molecule has 10 nitrogen and oxygen atoms in total. The molecule has 0 spiro atoms. The predicted molar refractivity (Wildman–Crippen MR) is 112 cm³/mol. The summed E-state index contributed by atoms with van der Waals surface area (Å²) in [7, 11) is 1.86. The molecule has 5 rings (SSSR count). The number of aromatic nitrogens is 4. The van der Waals surface area contributed by atoms with Crippen molar-refractivity contribution in [3.05, 3.63) is 36.8 Å². The minimum absolute atomic E-state index is 0.0513. The molecule has 2 aliphatic heterocycles. The summed E-state index contributed by atoms with van der Waals surface area (Å²) in [6.45, 7) is 3.31. The predicted octanol–water partition coefficient (Wildman–Crippen LogP) is 0.471. The molecule has 1 saturated heterocycles. The third kappa shape index (κ3) is 3.24. The van der Waals surface area contributed by atoms with Crippen LogP contribution in [-0.4, -0.2) is 75.7 Å². The highest BCUT2D eigenvalue weighted by molar-refractivity contribution is 6.10. The van der Waals surface area contributed by atoms with Crippen molar-refractivity contribution in [2.45, 2.75) is 0 Å². The monoisotopic (exact) mass is 406 g/mol. The van der Waals surface area contributed by atoms with Crippen molar-refractivity contribution in [1.82, 2.24) is 24.6 Å². The zero-order chi connectivity index (χ0) is 20.7. The highest BCUT2D eigenvalue weighted by Gasteiger charge is 2.29. The van der Waals surface area contributed by atoms with Gasteiger partial charge in [-0.15, -0.1) is 0 Å². The minimum atomic E-state index is -0.170. The van der Waals surface area contributed by atoms with Gasteiger partial charge in [0.15, 0.2) is 5.65 Å². The molecule has 10 heteroatoms. The summed E-state index contributed by atoms with van der Waals surface area (Å²) in [5, 5.41) is 8.02. The zero-order valence-electron chi connectivity index (χ0n) is 16.7. The molecule has 4 heterocycles. The van der Waals surface area contributed by atoms with Gasteiger partial charge >= 0.3 is 0 Å². The zero-order valence-corrected chi connectivity index (χ0v) is 16.7. The van der Waals surface area contributed by atoms with Crippen molar-refractivity contribution < 1.29 is 9.59 Å². The number of nitrogens with zero attached hydrogens (tertiary/aromatic N) is 7. The number of nitrogens with one attached hydrogen (secondary N) is 1. The highest BCUT2D eigenvalue weighted by Crippen LogP contribution is 2.29. The molecular formula is C20H22N8O2. The van der Waals surface area contributed by atoms with E-state index in [0.29, 0.717) is 5.69 Å². The fourth-order valence-electron chi connectivity index (χ4n) is 4.05. The maximum absolute atomic E-state index is 13.0. The first-order valence-electron chi connectivity index (χ1n) is 9.89. The van der Waals surface area contributed by atoms with Crippen LogP contribution in [0, 0.1) is 0 Å². The first-order chi connectivity index (χ1) is 14.6. The molecule has 1 fully saturated rings. The molecule has 0 bridgehead atoms. The molecule has 2 aliphatic rings. The van der Waals surface area contributed by atoms with Crippen LogP contribution in [0.1, 0.15) is 0 Å². The van der Waals surface area contributed by atoms with E-state index in [2.05, 4.69) is 30.2 Å². The van der Waals surface area contributed by atoms with Crippen molar-refractivity contribution >= 4 is 40.0 Å². The summed E-state index contributed by atoms with van der Waals surface area (Å²) in [6.07, 6.45) is 3.35. The molecule has 0 saturated carbocycles. The summed E-state index contributed by atoms with van der Waals surface area (Å²) in [6, 6.07) is 7.39. The average Bonchev–Trinajstić information content (AvgIpc) is 3.15. The Morgan fingerprint density at radius 1 is 1.13 bits per heavy atom. The number of piperazine rings is 1. The Bertz CT molecular complexity index is 1120. The number of amides is 2. The van der Waals surface area contributed by atoms with Gasteiger partial charge in [0.25, 0.3) is 0 Å². The van der Waals surface area contributed by atoms with Crippen LogP contribution in [0.5, 0.6) is 0 Å². The fourth-order valence-corrected chi connectivity index (χ4v) is 4.05. The van der Waals surface area contributed by atoms with Crippen LogP contribution in [0.15, 0.2) is 36.8 Å². The molecule has 30 heavy (non-hydrogen) atoms. The lowest BCUT2D eigenvalue weighted by atomic mass is 10.2. The number of fused-ring (bicyclic) bond motifs is 2. The lowest BCUT2D eigenvalue weighted by Gasteiger charge is -2.36. The van der Waals surface area contributed by atoms with Gasteiger partial charge < -0.3 is 10.2 Å². The SMILES string of the molecule is Cn1ncc2c(N3CCN(CC(=O)N4CC(=O)Nc5ccccc54)CC3)ncnc21. The molecule has 3 aromatic rings. The molecule has 0 atom stereocenters. The molecular weight excluding hydrogens is 384 g/mol. The first kappa shape index (κ1) is 18.5. The summed E-state index contributed by atoms with van der Waals surface area (Å²) in [5.74, 6) is 0.638. The van der Waals surface area contributed by atoms with Crippen LogP contribution in [0.3, 0.4) is 0 Å². The van der Waals surface area contributed by atoms with Crippen molar-refractivity contribution in [2.24, 2.45) is 7.05 Å². The van der Waals surface area contributed by atoms with Crippen LogP contribution >= 0.6 is 0 Å². The number of hydrogen-bond donors (Lipinski definition) is 1.